The molecule has 0 rings (SSSR count). The zero-order valence-corrected chi connectivity index (χ0v) is 11.1. The molecule has 3 nitrogen and oxygen atoms in total. The van der Waals surface area contributed by atoms with Crippen LogP contribution in [0.4, 0.5) is 26.3 Å². The van der Waals surface area contributed by atoms with Gasteiger partial charge in [0.1, 0.15) is 0 Å². The molecule has 120 valence electrons. The molecular formula is C11H18F6N2O. The maximum Gasteiger partial charge on any atom is 0.409 e. The number of carbonyl (C=O) groups is 1. The Morgan fingerprint density at radius 1 is 1.05 bits per heavy atom. The first-order chi connectivity index (χ1) is 8.95. The summed E-state index contributed by atoms with van der Waals surface area (Å²) in [6.07, 6.45) is -10.1. The van der Waals surface area contributed by atoms with E-state index in [0.717, 1.165) is 0 Å². The van der Waals surface area contributed by atoms with Crippen molar-refractivity contribution in [2.45, 2.75) is 45.1 Å². The Bertz CT molecular complexity index is 297. The summed E-state index contributed by atoms with van der Waals surface area (Å²) in [5.41, 5.74) is 5.63. The van der Waals surface area contributed by atoms with Gasteiger partial charge in [0.15, 0.2) is 0 Å². The van der Waals surface area contributed by atoms with E-state index in [1.165, 1.54) is 0 Å². The van der Waals surface area contributed by atoms with Crippen LogP contribution in [-0.2, 0) is 4.79 Å². The minimum Gasteiger partial charge on any atom is -0.354 e. The van der Waals surface area contributed by atoms with E-state index in [4.69, 9.17) is 5.73 Å². The fourth-order valence-electron chi connectivity index (χ4n) is 1.86. The van der Waals surface area contributed by atoms with Gasteiger partial charge < -0.3 is 11.1 Å². The van der Waals surface area contributed by atoms with Crippen LogP contribution in [0.15, 0.2) is 0 Å². The standard InChI is InChI=1S/C11H18F6N2O/c1-3-6(4-2)7(18)5-19-9(20)8(10(12,13)14)11(15,16)17/h6-8H,3-5,18H2,1-2H3,(H,19,20). The first-order valence-electron chi connectivity index (χ1n) is 6.11. The lowest BCUT2D eigenvalue weighted by atomic mass is 9.94. The van der Waals surface area contributed by atoms with Gasteiger partial charge in [-0.2, -0.15) is 26.3 Å². The second-order valence-electron chi connectivity index (χ2n) is 4.50. The zero-order valence-electron chi connectivity index (χ0n) is 11.1. The number of amides is 1. The van der Waals surface area contributed by atoms with E-state index in [2.05, 4.69) is 0 Å². The highest BCUT2D eigenvalue weighted by Crippen LogP contribution is 2.39. The smallest absolute Gasteiger partial charge is 0.354 e. The van der Waals surface area contributed by atoms with Crippen LogP contribution >= 0.6 is 0 Å². The SMILES string of the molecule is CCC(CC)C(N)CNC(=O)C(C(F)(F)F)C(F)(F)F. The lowest BCUT2D eigenvalue weighted by Gasteiger charge is -2.25. The Hall–Kier alpha value is -0.990. The molecule has 0 saturated carbocycles. The van der Waals surface area contributed by atoms with Gasteiger partial charge in [0.25, 0.3) is 0 Å². The first kappa shape index (κ1) is 19.0. The van der Waals surface area contributed by atoms with Gasteiger partial charge in [0, 0.05) is 12.6 Å². The number of hydrogen-bond acceptors (Lipinski definition) is 2. The van der Waals surface area contributed by atoms with Gasteiger partial charge in [-0.15, -0.1) is 0 Å². The van der Waals surface area contributed by atoms with E-state index in [-0.39, 0.29) is 5.92 Å². The van der Waals surface area contributed by atoms with Gasteiger partial charge in [-0.3, -0.25) is 4.79 Å². The van der Waals surface area contributed by atoms with Crippen molar-refractivity contribution in [1.82, 2.24) is 5.32 Å². The molecule has 0 fully saturated rings. The third kappa shape index (κ3) is 5.56. The van der Waals surface area contributed by atoms with Crippen LogP contribution in [0.2, 0.25) is 0 Å². The molecule has 0 bridgehead atoms. The molecule has 0 aliphatic rings. The molecular weight excluding hydrogens is 290 g/mol. The molecule has 1 unspecified atom stereocenters. The number of halogens is 6. The third-order valence-electron chi connectivity index (χ3n) is 3.08. The van der Waals surface area contributed by atoms with Crippen LogP contribution in [0.25, 0.3) is 0 Å². The molecule has 3 N–H and O–H groups in total. The summed E-state index contributed by atoms with van der Waals surface area (Å²) < 4.78 is 73.6. The largest absolute Gasteiger partial charge is 0.409 e. The number of rotatable bonds is 6. The number of hydrogen-bond donors (Lipinski definition) is 2. The fourth-order valence-corrected chi connectivity index (χ4v) is 1.86. The van der Waals surface area contributed by atoms with Crippen LogP contribution in [-0.4, -0.2) is 30.8 Å². The highest BCUT2D eigenvalue weighted by atomic mass is 19.4. The van der Waals surface area contributed by atoms with Gasteiger partial charge in [-0.05, 0) is 5.92 Å². The molecule has 0 aromatic heterocycles. The minimum atomic E-state index is -5.68. The van der Waals surface area contributed by atoms with Crippen molar-refractivity contribution in [3.8, 4) is 0 Å². The van der Waals surface area contributed by atoms with Crippen molar-refractivity contribution in [3.63, 3.8) is 0 Å². The normalized spacial score (nSPS) is 14.8. The van der Waals surface area contributed by atoms with Crippen LogP contribution < -0.4 is 11.1 Å². The van der Waals surface area contributed by atoms with E-state index in [0.29, 0.717) is 12.8 Å². The average molecular weight is 308 g/mol. The summed E-state index contributed by atoms with van der Waals surface area (Å²) in [5.74, 6) is -6.22. The summed E-state index contributed by atoms with van der Waals surface area (Å²) in [6, 6.07) is -0.684. The molecule has 0 heterocycles. The molecule has 0 radical (unpaired) electrons. The quantitative estimate of drug-likeness (QED) is 0.741. The summed E-state index contributed by atoms with van der Waals surface area (Å²) in [4.78, 5) is 11.1. The molecule has 0 aromatic rings. The van der Waals surface area contributed by atoms with Gasteiger partial charge in [-0.25, -0.2) is 0 Å². The van der Waals surface area contributed by atoms with E-state index >= 15 is 0 Å². The van der Waals surface area contributed by atoms with Crippen molar-refractivity contribution < 1.29 is 31.1 Å². The topological polar surface area (TPSA) is 55.1 Å². The summed E-state index contributed by atoms with van der Waals surface area (Å²) in [5, 5.41) is 1.64. The van der Waals surface area contributed by atoms with Gasteiger partial charge in [0.05, 0.1) is 0 Å². The molecule has 0 aliphatic heterocycles. The van der Waals surface area contributed by atoms with Crippen molar-refractivity contribution in [2.75, 3.05) is 6.54 Å². The Balaban J connectivity index is 4.73. The van der Waals surface area contributed by atoms with Crippen molar-refractivity contribution >= 4 is 5.91 Å². The van der Waals surface area contributed by atoms with Crippen molar-refractivity contribution in [1.29, 1.82) is 0 Å². The summed E-state index contributed by atoms with van der Waals surface area (Å²) >= 11 is 0. The monoisotopic (exact) mass is 308 g/mol. The summed E-state index contributed by atoms with van der Waals surface area (Å²) in [6.45, 7) is 3.17. The Kier molecular flexibility index (Phi) is 6.79. The van der Waals surface area contributed by atoms with Gasteiger partial charge in [0.2, 0.25) is 11.8 Å². The number of carbonyl (C=O) groups excluding carboxylic acids is 1. The van der Waals surface area contributed by atoms with Crippen LogP contribution in [0.5, 0.6) is 0 Å². The molecule has 1 atom stereocenters. The fraction of sp³-hybridized carbons (Fsp3) is 0.909. The Labute approximate surface area is 112 Å². The highest BCUT2D eigenvalue weighted by molar-refractivity contribution is 5.80. The number of nitrogens with two attached hydrogens (primary N) is 1. The number of alkyl halides is 6. The minimum absolute atomic E-state index is 0.0782. The van der Waals surface area contributed by atoms with Crippen molar-refractivity contribution in [3.05, 3.63) is 0 Å². The molecule has 20 heavy (non-hydrogen) atoms. The molecule has 0 saturated heterocycles. The Morgan fingerprint density at radius 3 is 1.75 bits per heavy atom. The van der Waals surface area contributed by atoms with Crippen LogP contribution in [0.1, 0.15) is 26.7 Å². The first-order valence-corrected chi connectivity index (χ1v) is 6.11. The summed E-state index contributed by atoms with van der Waals surface area (Å²) in [7, 11) is 0. The van der Waals surface area contributed by atoms with Gasteiger partial charge in [-0.1, -0.05) is 26.7 Å². The second-order valence-corrected chi connectivity index (χ2v) is 4.50. The molecule has 1 amide bonds. The predicted molar refractivity (Wildman–Crippen MR) is 60.7 cm³/mol. The number of nitrogens with one attached hydrogen (secondary N) is 1. The molecule has 9 heteroatoms. The maximum absolute atomic E-state index is 12.3. The van der Waals surface area contributed by atoms with E-state index < -0.39 is 36.8 Å². The Morgan fingerprint density at radius 2 is 1.45 bits per heavy atom. The molecule has 0 spiro atoms. The van der Waals surface area contributed by atoms with Crippen LogP contribution in [0, 0.1) is 11.8 Å². The van der Waals surface area contributed by atoms with E-state index in [1.807, 2.05) is 0 Å². The molecule has 0 aliphatic carbocycles. The van der Waals surface area contributed by atoms with Crippen LogP contribution in [0.3, 0.4) is 0 Å². The van der Waals surface area contributed by atoms with Gasteiger partial charge >= 0.3 is 12.4 Å². The van der Waals surface area contributed by atoms with E-state index in [1.54, 1.807) is 19.2 Å². The lowest BCUT2D eigenvalue weighted by molar-refractivity contribution is -0.274. The maximum atomic E-state index is 12.3. The third-order valence-corrected chi connectivity index (χ3v) is 3.08. The second kappa shape index (κ2) is 7.14. The van der Waals surface area contributed by atoms with Crippen molar-refractivity contribution in [2.24, 2.45) is 17.6 Å². The zero-order chi connectivity index (χ0) is 16.1. The predicted octanol–water partition coefficient (Wildman–Crippen LogP) is 2.61. The average Bonchev–Trinajstić information content (AvgIpc) is 2.24. The highest BCUT2D eigenvalue weighted by Gasteiger charge is 2.61. The lowest BCUT2D eigenvalue weighted by Crippen LogP contribution is -2.51. The molecule has 0 aromatic carbocycles. The van der Waals surface area contributed by atoms with E-state index in [9.17, 15) is 31.1 Å².